The quantitative estimate of drug-likeness (QED) is 0.609. The van der Waals surface area contributed by atoms with Crippen LogP contribution in [0.15, 0.2) is 16.6 Å². The summed E-state index contributed by atoms with van der Waals surface area (Å²) in [6.07, 6.45) is 5.15. The summed E-state index contributed by atoms with van der Waals surface area (Å²) in [5.41, 5.74) is 6.33. The van der Waals surface area contributed by atoms with E-state index in [1.807, 2.05) is 26.8 Å². The van der Waals surface area contributed by atoms with Gasteiger partial charge in [-0.05, 0) is 52.2 Å². The smallest absolute Gasteiger partial charge is 0.407 e. The number of carbonyl (C=O) groups excluding carboxylic acids is 1. The van der Waals surface area contributed by atoms with E-state index < -0.39 is 11.6 Å². The molecule has 0 aromatic carbocycles. The predicted molar refractivity (Wildman–Crippen MR) is 108 cm³/mol. The Bertz CT molecular complexity index is 759. The number of hydrogen-bond acceptors (Lipinski definition) is 6. The second-order valence-corrected chi connectivity index (χ2v) is 8.62. The van der Waals surface area contributed by atoms with E-state index in [0.29, 0.717) is 12.4 Å². The van der Waals surface area contributed by atoms with Crippen molar-refractivity contribution in [1.82, 2.24) is 5.32 Å². The van der Waals surface area contributed by atoms with Crippen LogP contribution in [0.2, 0.25) is 0 Å². The van der Waals surface area contributed by atoms with Crippen LogP contribution in [0.1, 0.15) is 56.2 Å². The number of aryl methyl sites for hydroxylation is 1. The van der Waals surface area contributed by atoms with Crippen LogP contribution in [0.3, 0.4) is 0 Å². The molecule has 1 aromatic rings. The lowest BCUT2D eigenvalue weighted by atomic mass is 10.1. The highest BCUT2D eigenvalue weighted by Gasteiger charge is 2.17. The van der Waals surface area contributed by atoms with Gasteiger partial charge in [-0.25, -0.2) is 14.6 Å². The molecule has 2 heterocycles. The monoisotopic (exact) mass is 393 g/mol. The van der Waals surface area contributed by atoms with Crippen molar-refractivity contribution in [2.75, 3.05) is 6.54 Å². The number of aliphatic carboxylic acids is 1. The van der Waals surface area contributed by atoms with Crippen LogP contribution in [0, 0.1) is 0 Å². The van der Waals surface area contributed by atoms with Gasteiger partial charge in [-0.1, -0.05) is 6.42 Å². The molecule has 0 atom stereocenters. The lowest BCUT2D eigenvalue weighted by Crippen LogP contribution is -2.32. The summed E-state index contributed by atoms with van der Waals surface area (Å²) in [6.45, 7) is 6.09. The van der Waals surface area contributed by atoms with Gasteiger partial charge in [-0.2, -0.15) is 0 Å². The molecule has 1 aliphatic heterocycles. The molecule has 0 saturated heterocycles. The van der Waals surface area contributed by atoms with E-state index in [2.05, 4.69) is 10.3 Å². The van der Waals surface area contributed by atoms with Crippen molar-refractivity contribution in [3.05, 3.63) is 21.4 Å². The zero-order chi connectivity index (χ0) is 20.0. The second-order valence-electron chi connectivity index (χ2n) is 7.46. The number of amidine groups is 1. The molecule has 1 amide bonds. The number of aliphatic imine (C=N–C) groups is 1. The minimum atomic E-state index is -0.964. The van der Waals surface area contributed by atoms with Crippen molar-refractivity contribution >= 4 is 41.0 Å². The zero-order valence-corrected chi connectivity index (χ0v) is 16.8. The lowest BCUT2D eigenvalue weighted by Gasteiger charge is -2.19. The van der Waals surface area contributed by atoms with Crippen LogP contribution in [-0.4, -0.2) is 35.2 Å². The fourth-order valence-electron chi connectivity index (χ4n) is 2.60. The number of carbonyl (C=O) groups is 2. The van der Waals surface area contributed by atoms with Gasteiger partial charge in [0.05, 0.1) is 10.6 Å². The molecule has 0 bridgehead atoms. The van der Waals surface area contributed by atoms with Crippen molar-refractivity contribution in [3.63, 3.8) is 0 Å². The van der Waals surface area contributed by atoms with Gasteiger partial charge in [-0.3, -0.25) is 0 Å². The summed E-state index contributed by atoms with van der Waals surface area (Å²) in [6, 6.07) is 1.98. The zero-order valence-electron chi connectivity index (χ0n) is 16.0. The highest BCUT2D eigenvalue weighted by Crippen LogP contribution is 2.35. The predicted octanol–water partition coefficient (Wildman–Crippen LogP) is 3.85. The molecule has 0 saturated carbocycles. The van der Waals surface area contributed by atoms with E-state index in [0.717, 1.165) is 41.1 Å². The topological polar surface area (TPSA) is 114 Å². The Morgan fingerprint density at radius 2 is 2.07 bits per heavy atom. The third-order valence-electron chi connectivity index (χ3n) is 3.78. The normalized spacial score (nSPS) is 13.9. The van der Waals surface area contributed by atoms with Crippen molar-refractivity contribution < 1.29 is 19.4 Å². The van der Waals surface area contributed by atoms with Gasteiger partial charge in [-0.15, -0.1) is 11.3 Å². The minimum Gasteiger partial charge on any atom is -0.478 e. The molecule has 0 unspecified atom stereocenters. The third kappa shape index (κ3) is 7.05. The summed E-state index contributed by atoms with van der Waals surface area (Å²) in [4.78, 5) is 29.1. The molecule has 1 aliphatic rings. The SMILES string of the molecule is CC(C)(C)OC(=O)NCCCCCc1cc2c(s1)C=C(C(=O)O)CC(N)=N2. The molecule has 7 nitrogen and oxygen atoms in total. The number of alkyl carbamates (subject to hydrolysis) is 1. The van der Waals surface area contributed by atoms with E-state index in [9.17, 15) is 14.7 Å². The van der Waals surface area contributed by atoms with E-state index in [1.165, 1.54) is 0 Å². The van der Waals surface area contributed by atoms with Crippen LogP contribution in [0.25, 0.3) is 6.08 Å². The fourth-order valence-corrected chi connectivity index (χ4v) is 3.71. The largest absolute Gasteiger partial charge is 0.478 e. The Labute approximate surface area is 163 Å². The number of amides is 1. The van der Waals surface area contributed by atoms with E-state index in [1.54, 1.807) is 17.4 Å². The molecular formula is C19H27N3O4S. The van der Waals surface area contributed by atoms with E-state index >= 15 is 0 Å². The van der Waals surface area contributed by atoms with Crippen molar-refractivity contribution in [3.8, 4) is 0 Å². The number of fused-ring (bicyclic) bond motifs is 1. The maximum Gasteiger partial charge on any atom is 0.407 e. The molecule has 2 rings (SSSR count). The van der Waals surface area contributed by atoms with Gasteiger partial charge < -0.3 is 20.9 Å². The standard InChI is InChI=1S/C19H27N3O4S/c1-19(2,3)26-18(25)21-8-6-4-5-7-13-11-14-15(27-13)9-12(17(23)24)10-16(20)22-14/h9,11H,4-8,10H2,1-3H3,(H2,20,22)(H,21,25)(H,23,24). The van der Waals surface area contributed by atoms with E-state index in [-0.39, 0.29) is 18.1 Å². The van der Waals surface area contributed by atoms with Gasteiger partial charge in [0, 0.05) is 23.4 Å². The number of carboxylic acid groups (broad SMARTS) is 1. The van der Waals surface area contributed by atoms with Gasteiger partial charge in [0.2, 0.25) is 0 Å². The minimum absolute atomic E-state index is 0.163. The molecule has 0 aliphatic carbocycles. The number of unbranched alkanes of at least 4 members (excludes halogenated alkanes) is 2. The molecular weight excluding hydrogens is 366 g/mol. The molecule has 8 heteroatoms. The van der Waals surface area contributed by atoms with E-state index in [4.69, 9.17) is 10.5 Å². The number of hydrogen-bond donors (Lipinski definition) is 3. The molecule has 27 heavy (non-hydrogen) atoms. The van der Waals surface area contributed by atoms with Gasteiger partial charge in [0.1, 0.15) is 11.4 Å². The molecule has 0 radical (unpaired) electrons. The number of nitrogens with two attached hydrogens (primary N) is 1. The first-order valence-electron chi connectivity index (χ1n) is 9.00. The Morgan fingerprint density at radius 3 is 2.74 bits per heavy atom. The first kappa shape index (κ1) is 21.0. The van der Waals surface area contributed by atoms with Gasteiger partial charge in [0.15, 0.2) is 0 Å². The summed E-state index contributed by atoms with van der Waals surface area (Å²) >= 11 is 1.55. The first-order valence-corrected chi connectivity index (χ1v) is 9.82. The maximum absolute atomic E-state index is 11.6. The van der Waals surface area contributed by atoms with Gasteiger partial charge in [0.25, 0.3) is 0 Å². The Kier molecular flexibility index (Phi) is 7.01. The molecule has 0 spiro atoms. The number of rotatable bonds is 7. The van der Waals surface area contributed by atoms with Crippen molar-refractivity contribution in [2.24, 2.45) is 10.7 Å². The number of ether oxygens (including phenoxy) is 1. The van der Waals surface area contributed by atoms with Crippen LogP contribution in [0.4, 0.5) is 10.5 Å². The maximum atomic E-state index is 11.6. The first-order chi connectivity index (χ1) is 12.6. The highest BCUT2D eigenvalue weighted by molar-refractivity contribution is 7.13. The van der Waals surface area contributed by atoms with Crippen LogP contribution in [0.5, 0.6) is 0 Å². The van der Waals surface area contributed by atoms with Crippen molar-refractivity contribution in [2.45, 2.75) is 58.5 Å². The average Bonchev–Trinajstić information content (AvgIpc) is 2.82. The second kappa shape index (κ2) is 9.03. The number of nitrogens with one attached hydrogen (secondary N) is 1. The number of nitrogens with zero attached hydrogens (tertiary/aromatic N) is 1. The Balaban J connectivity index is 1.78. The number of thiophene rings is 1. The highest BCUT2D eigenvalue weighted by atomic mass is 32.1. The van der Waals surface area contributed by atoms with Crippen LogP contribution >= 0.6 is 11.3 Å². The Hall–Kier alpha value is -2.35. The summed E-state index contributed by atoms with van der Waals surface area (Å²) in [5, 5.41) is 12.0. The van der Waals surface area contributed by atoms with Crippen LogP contribution in [-0.2, 0) is 16.0 Å². The van der Waals surface area contributed by atoms with Crippen molar-refractivity contribution in [1.29, 1.82) is 0 Å². The third-order valence-corrected chi connectivity index (χ3v) is 4.91. The lowest BCUT2D eigenvalue weighted by molar-refractivity contribution is -0.132. The molecule has 4 N–H and O–H groups in total. The molecule has 1 aromatic heterocycles. The summed E-state index contributed by atoms with van der Waals surface area (Å²) in [7, 11) is 0. The number of carboxylic acids is 1. The Morgan fingerprint density at radius 1 is 1.33 bits per heavy atom. The molecule has 148 valence electrons. The van der Waals surface area contributed by atoms with Gasteiger partial charge >= 0.3 is 12.1 Å². The molecule has 0 fully saturated rings. The summed E-state index contributed by atoms with van der Waals surface area (Å²) in [5.74, 6) is -0.645. The average molecular weight is 394 g/mol. The fraction of sp³-hybridized carbons (Fsp3) is 0.526. The summed E-state index contributed by atoms with van der Waals surface area (Å²) < 4.78 is 5.19. The van der Waals surface area contributed by atoms with Crippen LogP contribution < -0.4 is 11.1 Å².